The number of carbonyl (C=O) groups is 1. The second-order valence-corrected chi connectivity index (χ2v) is 7.01. The van der Waals surface area contributed by atoms with Crippen molar-refractivity contribution in [1.29, 1.82) is 0 Å². The first-order valence-electron chi connectivity index (χ1n) is 8.90. The molecule has 0 unspecified atom stereocenters. The van der Waals surface area contributed by atoms with E-state index in [2.05, 4.69) is 28.4 Å². The Balaban J connectivity index is 1.32. The monoisotopic (exact) mass is 316 g/mol. The fourth-order valence-electron chi connectivity index (χ4n) is 3.57. The Bertz CT molecular complexity index is 541. The van der Waals surface area contributed by atoms with Crippen LogP contribution in [-0.2, 0) is 11.3 Å². The first kappa shape index (κ1) is 16.3. The van der Waals surface area contributed by atoms with Crippen molar-refractivity contribution in [2.45, 2.75) is 45.6 Å². The molecule has 1 aromatic rings. The molecule has 3 rings (SSSR count). The van der Waals surface area contributed by atoms with Gasteiger partial charge in [0.05, 0.1) is 6.54 Å². The van der Waals surface area contributed by atoms with Gasteiger partial charge in [-0.05, 0) is 69.7 Å². The molecule has 0 bridgehead atoms. The summed E-state index contributed by atoms with van der Waals surface area (Å²) in [6.07, 6.45) is 9.62. The van der Waals surface area contributed by atoms with Gasteiger partial charge in [-0.1, -0.05) is 12.2 Å². The van der Waals surface area contributed by atoms with E-state index in [0.29, 0.717) is 18.3 Å². The fourth-order valence-corrected chi connectivity index (χ4v) is 3.57. The van der Waals surface area contributed by atoms with E-state index in [1.165, 1.54) is 0 Å². The maximum atomic E-state index is 12.0. The summed E-state index contributed by atoms with van der Waals surface area (Å²) < 4.78 is 5.65. The van der Waals surface area contributed by atoms with Gasteiger partial charge in [0.1, 0.15) is 11.5 Å². The Morgan fingerprint density at radius 1 is 1.30 bits per heavy atom. The van der Waals surface area contributed by atoms with E-state index in [9.17, 15) is 4.79 Å². The highest BCUT2D eigenvalue weighted by Crippen LogP contribution is 2.21. The Kier molecular flexibility index (Phi) is 5.55. The van der Waals surface area contributed by atoms with Gasteiger partial charge in [0.15, 0.2) is 0 Å². The quantitative estimate of drug-likeness (QED) is 0.819. The molecule has 4 heteroatoms. The zero-order valence-electron chi connectivity index (χ0n) is 14.1. The Hall–Kier alpha value is -1.55. The van der Waals surface area contributed by atoms with Gasteiger partial charge in [0, 0.05) is 13.0 Å². The van der Waals surface area contributed by atoms with Gasteiger partial charge in [0.25, 0.3) is 0 Å². The van der Waals surface area contributed by atoms with E-state index >= 15 is 0 Å². The first-order chi connectivity index (χ1) is 11.2. The first-order valence-corrected chi connectivity index (χ1v) is 8.90. The molecule has 1 atom stereocenters. The molecule has 1 N–H and O–H groups in total. The lowest BCUT2D eigenvalue weighted by atomic mass is 9.96. The van der Waals surface area contributed by atoms with Crippen LogP contribution >= 0.6 is 0 Å². The van der Waals surface area contributed by atoms with Crippen molar-refractivity contribution in [1.82, 2.24) is 10.2 Å². The maximum Gasteiger partial charge on any atom is 0.220 e. The molecule has 126 valence electrons. The summed E-state index contributed by atoms with van der Waals surface area (Å²) in [5.74, 6) is 3.34. The van der Waals surface area contributed by atoms with Crippen LogP contribution in [0.15, 0.2) is 28.7 Å². The van der Waals surface area contributed by atoms with Gasteiger partial charge in [-0.2, -0.15) is 0 Å². The molecule has 1 saturated heterocycles. The molecule has 23 heavy (non-hydrogen) atoms. The fraction of sp³-hybridized carbons (Fsp3) is 0.632. The molecular weight excluding hydrogens is 288 g/mol. The molecule has 4 nitrogen and oxygen atoms in total. The number of furan rings is 1. The number of hydrogen-bond acceptors (Lipinski definition) is 3. The molecule has 0 aromatic carbocycles. The maximum absolute atomic E-state index is 12.0. The molecule has 2 aliphatic rings. The normalized spacial score (nSPS) is 22.6. The lowest BCUT2D eigenvalue weighted by Gasteiger charge is -2.31. The molecule has 1 aliphatic heterocycles. The highest BCUT2D eigenvalue weighted by Gasteiger charge is 2.21. The number of piperidine rings is 1. The molecule has 0 saturated carbocycles. The van der Waals surface area contributed by atoms with Crippen LogP contribution in [0.3, 0.4) is 0 Å². The predicted octanol–water partition coefficient (Wildman–Crippen LogP) is 3.27. The Morgan fingerprint density at radius 2 is 2.13 bits per heavy atom. The van der Waals surface area contributed by atoms with Crippen molar-refractivity contribution in [3.8, 4) is 0 Å². The summed E-state index contributed by atoms with van der Waals surface area (Å²) in [6.45, 7) is 5.90. The minimum atomic E-state index is 0.218. The second-order valence-electron chi connectivity index (χ2n) is 7.01. The van der Waals surface area contributed by atoms with Crippen molar-refractivity contribution in [2.75, 3.05) is 19.6 Å². The topological polar surface area (TPSA) is 45.5 Å². The Morgan fingerprint density at radius 3 is 2.78 bits per heavy atom. The number of allylic oxidation sites excluding steroid dienone is 2. The van der Waals surface area contributed by atoms with Crippen molar-refractivity contribution >= 4 is 5.91 Å². The summed E-state index contributed by atoms with van der Waals surface area (Å²) in [7, 11) is 0. The van der Waals surface area contributed by atoms with Gasteiger partial charge in [-0.3, -0.25) is 9.69 Å². The lowest BCUT2D eigenvalue weighted by Crippen LogP contribution is -2.38. The van der Waals surface area contributed by atoms with Gasteiger partial charge in [0.2, 0.25) is 5.91 Å². The van der Waals surface area contributed by atoms with Crippen LogP contribution in [0.4, 0.5) is 0 Å². The van der Waals surface area contributed by atoms with E-state index in [4.69, 9.17) is 4.42 Å². The van der Waals surface area contributed by atoms with Crippen LogP contribution in [0.2, 0.25) is 0 Å². The molecule has 1 aliphatic carbocycles. The third kappa shape index (κ3) is 4.96. The van der Waals surface area contributed by atoms with Crippen molar-refractivity contribution in [2.24, 2.45) is 11.8 Å². The van der Waals surface area contributed by atoms with Crippen LogP contribution in [0.1, 0.15) is 43.6 Å². The number of likely N-dealkylation sites (tertiary alicyclic amines) is 1. The summed E-state index contributed by atoms with van der Waals surface area (Å²) in [6, 6.07) is 4.09. The van der Waals surface area contributed by atoms with Gasteiger partial charge in [-0.25, -0.2) is 0 Å². The summed E-state index contributed by atoms with van der Waals surface area (Å²) in [5.41, 5.74) is 0. The van der Waals surface area contributed by atoms with Crippen molar-refractivity contribution < 1.29 is 9.21 Å². The van der Waals surface area contributed by atoms with E-state index in [1.807, 2.05) is 13.0 Å². The molecular formula is C19H28N2O2. The van der Waals surface area contributed by atoms with Crippen LogP contribution < -0.4 is 5.32 Å². The SMILES string of the molecule is Cc1ccc(CN2CCC(CNC(=O)C[C@H]3C=CCC3)CC2)o1. The number of carbonyl (C=O) groups excluding carboxylic acids is 1. The van der Waals surface area contributed by atoms with Crippen molar-refractivity contribution in [3.05, 3.63) is 35.8 Å². The smallest absolute Gasteiger partial charge is 0.220 e. The summed E-state index contributed by atoms with van der Waals surface area (Å²) in [4.78, 5) is 14.4. The van der Waals surface area contributed by atoms with Crippen LogP contribution in [0, 0.1) is 18.8 Å². The highest BCUT2D eigenvalue weighted by atomic mass is 16.3. The average Bonchev–Trinajstić information content (AvgIpc) is 3.18. The zero-order chi connectivity index (χ0) is 16.1. The number of amides is 1. The molecule has 0 spiro atoms. The third-order valence-electron chi connectivity index (χ3n) is 5.03. The molecule has 2 heterocycles. The number of hydrogen-bond donors (Lipinski definition) is 1. The predicted molar refractivity (Wildman–Crippen MR) is 90.9 cm³/mol. The minimum absolute atomic E-state index is 0.218. The van der Waals surface area contributed by atoms with Crippen LogP contribution in [0.5, 0.6) is 0 Å². The summed E-state index contributed by atoms with van der Waals surface area (Å²) in [5, 5.41) is 3.14. The third-order valence-corrected chi connectivity index (χ3v) is 5.03. The zero-order valence-corrected chi connectivity index (χ0v) is 14.1. The Labute approximate surface area is 138 Å². The number of aryl methyl sites for hydroxylation is 1. The lowest BCUT2D eigenvalue weighted by molar-refractivity contribution is -0.122. The van der Waals surface area contributed by atoms with Gasteiger partial charge >= 0.3 is 0 Å². The minimum Gasteiger partial charge on any atom is -0.465 e. The standard InChI is InChI=1S/C19H28N2O2/c1-15-6-7-18(23-15)14-21-10-8-17(9-11-21)13-20-19(22)12-16-4-2-3-5-16/h2,4,6-7,16-17H,3,5,8-14H2,1H3,(H,20,22)/t16-/m0/s1. The van der Waals surface area contributed by atoms with Crippen LogP contribution in [-0.4, -0.2) is 30.4 Å². The van der Waals surface area contributed by atoms with E-state index in [0.717, 1.165) is 63.4 Å². The number of nitrogens with one attached hydrogen (secondary N) is 1. The number of nitrogens with zero attached hydrogens (tertiary/aromatic N) is 1. The van der Waals surface area contributed by atoms with Gasteiger partial charge < -0.3 is 9.73 Å². The van der Waals surface area contributed by atoms with Crippen LogP contribution in [0.25, 0.3) is 0 Å². The second kappa shape index (κ2) is 7.82. The van der Waals surface area contributed by atoms with Gasteiger partial charge in [-0.15, -0.1) is 0 Å². The molecule has 1 amide bonds. The summed E-state index contributed by atoms with van der Waals surface area (Å²) >= 11 is 0. The van der Waals surface area contributed by atoms with Crippen molar-refractivity contribution in [3.63, 3.8) is 0 Å². The van der Waals surface area contributed by atoms with E-state index < -0.39 is 0 Å². The highest BCUT2D eigenvalue weighted by molar-refractivity contribution is 5.76. The van der Waals surface area contributed by atoms with E-state index in [1.54, 1.807) is 0 Å². The van der Waals surface area contributed by atoms with E-state index in [-0.39, 0.29) is 5.91 Å². The largest absolute Gasteiger partial charge is 0.465 e. The molecule has 1 fully saturated rings. The average molecular weight is 316 g/mol. The molecule has 1 aromatic heterocycles. The molecule has 0 radical (unpaired) electrons. The number of rotatable bonds is 6.